The Labute approximate surface area is 255 Å². The Kier molecular flexibility index (Phi) is 5.91. The maximum Gasteiger partial charge on any atom is 0.248 e. The molecule has 0 N–H and O–H groups in total. The minimum atomic E-state index is 0.145. The van der Waals surface area contributed by atoms with Gasteiger partial charge in [-0.3, -0.25) is 0 Å². The molecule has 0 saturated carbocycles. The van der Waals surface area contributed by atoms with Crippen molar-refractivity contribution in [2.75, 3.05) is 4.90 Å². The zero-order chi connectivity index (χ0) is 29.2. The standard InChI is InChI=1S/C40H34BN2/c1-26-21-28(3)39(29(4)22-26)41-35-17-11-12-18-36(35)43(31-15-9-6-10-16-31)37-20-19-32-34(40(37)41)25-42-24-33(27(2)23-38(32)42)30-13-7-5-8-14-30/h5-24H,25H2,1-4H3/q+1. The summed E-state index contributed by atoms with van der Waals surface area (Å²) in [6.45, 7) is 10.0. The predicted molar refractivity (Wildman–Crippen MR) is 181 cm³/mol. The lowest BCUT2D eigenvalue weighted by molar-refractivity contribution is -0.671. The van der Waals surface area contributed by atoms with Gasteiger partial charge in [0.25, 0.3) is 0 Å². The molecule has 2 aliphatic rings. The molecule has 0 bridgehead atoms. The Hall–Kier alpha value is -4.89. The first-order chi connectivity index (χ1) is 21.0. The third-order valence-corrected chi connectivity index (χ3v) is 9.46. The zero-order valence-corrected chi connectivity index (χ0v) is 25.2. The first kappa shape index (κ1) is 25.8. The topological polar surface area (TPSA) is 7.12 Å². The molecule has 0 spiro atoms. The van der Waals surface area contributed by atoms with Crippen LogP contribution in [0.4, 0.5) is 17.1 Å². The van der Waals surface area contributed by atoms with Crippen LogP contribution < -0.4 is 25.9 Å². The maximum atomic E-state index is 2.48. The molecular formula is C40H34BN2+. The van der Waals surface area contributed by atoms with E-state index in [1.165, 1.54) is 83.7 Å². The first-order valence-electron chi connectivity index (χ1n) is 15.3. The van der Waals surface area contributed by atoms with Crippen LogP contribution in [-0.2, 0) is 6.54 Å². The van der Waals surface area contributed by atoms with E-state index in [1.54, 1.807) is 0 Å². The number of hydrogen-bond acceptors (Lipinski definition) is 1. The molecule has 2 aliphatic heterocycles. The van der Waals surface area contributed by atoms with E-state index in [0.29, 0.717) is 0 Å². The minimum Gasteiger partial charge on any atom is -0.312 e. The predicted octanol–water partition coefficient (Wildman–Crippen LogP) is 7.20. The van der Waals surface area contributed by atoms with E-state index < -0.39 is 0 Å². The van der Waals surface area contributed by atoms with Crippen molar-refractivity contribution in [2.24, 2.45) is 0 Å². The number of fused-ring (bicyclic) bond motifs is 6. The number of pyridine rings is 1. The van der Waals surface area contributed by atoms with Crippen LogP contribution in [0.25, 0.3) is 22.4 Å². The van der Waals surface area contributed by atoms with Crippen molar-refractivity contribution in [3.8, 4) is 22.4 Å². The molecule has 0 radical (unpaired) electrons. The van der Waals surface area contributed by atoms with Crippen LogP contribution in [0, 0.1) is 27.7 Å². The fraction of sp³-hybridized carbons (Fsp3) is 0.125. The molecule has 5 aromatic carbocycles. The van der Waals surface area contributed by atoms with Crippen LogP contribution in [0.1, 0.15) is 27.8 Å². The van der Waals surface area contributed by atoms with E-state index in [2.05, 4.69) is 159 Å². The highest BCUT2D eigenvalue weighted by Crippen LogP contribution is 2.40. The molecule has 43 heavy (non-hydrogen) atoms. The van der Waals surface area contributed by atoms with Crippen molar-refractivity contribution < 1.29 is 4.57 Å². The lowest BCUT2D eigenvalue weighted by Crippen LogP contribution is -2.60. The highest BCUT2D eigenvalue weighted by Gasteiger charge is 2.42. The summed E-state index contributed by atoms with van der Waals surface area (Å²) < 4.78 is 2.47. The summed E-state index contributed by atoms with van der Waals surface area (Å²) in [4.78, 5) is 2.48. The quantitative estimate of drug-likeness (QED) is 0.166. The molecule has 0 amide bonds. The third kappa shape index (κ3) is 3.99. The van der Waals surface area contributed by atoms with Crippen LogP contribution in [-0.4, -0.2) is 6.71 Å². The molecule has 0 unspecified atom stereocenters. The van der Waals surface area contributed by atoms with Gasteiger partial charge in [0.1, 0.15) is 0 Å². The molecular weight excluding hydrogens is 519 g/mol. The second-order valence-electron chi connectivity index (χ2n) is 12.2. The molecule has 3 heterocycles. The molecule has 1 aromatic heterocycles. The van der Waals surface area contributed by atoms with Gasteiger partial charge in [0, 0.05) is 34.3 Å². The third-order valence-electron chi connectivity index (χ3n) is 9.46. The van der Waals surface area contributed by atoms with Gasteiger partial charge in [0.05, 0.1) is 5.56 Å². The molecule has 8 rings (SSSR count). The largest absolute Gasteiger partial charge is 0.312 e. The van der Waals surface area contributed by atoms with Crippen molar-refractivity contribution in [3.63, 3.8) is 0 Å². The molecule has 0 fully saturated rings. The van der Waals surface area contributed by atoms with Crippen molar-refractivity contribution in [2.45, 2.75) is 34.2 Å². The van der Waals surface area contributed by atoms with Gasteiger partial charge in [-0.05, 0) is 80.1 Å². The number of rotatable bonds is 3. The van der Waals surface area contributed by atoms with E-state index in [1.807, 2.05) is 0 Å². The van der Waals surface area contributed by atoms with E-state index in [0.717, 1.165) is 6.54 Å². The summed E-state index contributed by atoms with van der Waals surface area (Å²) in [6.07, 6.45) is 2.37. The smallest absolute Gasteiger partial charge is 0.248 e. The Bertz CT molecular complexity index is 2020. The van der Waals surface area contributed by atoms with E-state index in [4.69, 9.17) is 0 Å². The Morgan fingerprint density at radius 2 is 1.28 bits per heavy atom. The molecule has 6 aromatic rings. The molecule has 3 heteroatoms. The molecule has 0 atom stereocenters. The van der Waals surface area contributed by atoms with Gasteiger partial charge in [-0.1, -0.05) is 101 Å². The average Bonchev–Trinajstić information content (AvgIpc) is 3.38. The summed E-state index contributed by atoms with van der Waals surface area (Å²) in [5.74, 6) is 0. The fourth-order valence-electron chi connectivity index (χ4n) is 7.75. The van der Waals surface area contributed by atoms with Gasteiger partial charge in [0.2, 0.25) is 12.4 Å². The second-order valence-corrected chi connectivity index (χ2v) is 12.2. The highest BCUT2D eigenvalue weighted by atomic mass is 15.2. The van der Waals surface area contributed by atoms with Gasteiger partial charge < -0.3 is 4.90 Å². The number of aromatic nitrogens is 1. The second kappa shape index (κ2) is 9.85. The van der Waals surface area contributed by atoms with Crippen molar-refractivity contribution in [1.29, 1.82) is 0 Å². The number of nitrogens with zero attached hydrogens (tertiary/aromatic N) is 2. The van der Waals surface area contributed by atoms with Gasteiger partial charge in [-0.25, -0.2) is 0 Å². The SMILES string of the molecule is Cc1cc(C)c(B2c3ccccc3N(c3ccccc3)c3ccc4c(c32)C[n+]2cc(-c3ccccc3)c(C)cc2-4)c(C)c1. The summed E-state index contributed by atoms with van der Waals surface area (Å²) in [7, 11) is 0. The first-order valence-corrected chi connectivity index (χ1v) is 15.3. The number of aryl methyl sites for hydroxylation is 4. The summed E-state index contributed by atoms with van der Waals surface area (Å²) >= 11 is 0. The summed E-state index contributed by atoms with van der Waals surface area (Å²) in [5, 5.41) is 0. The van der Waals surface area contributed by atoms with Gasteiger partial charge >= 0.3 is 0 Å². The Balaban J connectivity index is 1.41. The molecule has 0 aliphatic carbocycles. The number of benzene rings is 5. The van der Waals surface area contributed by atoms with Crippen LogP contribution in [0.15, 0.2) is 121 Å². The van der Waals surface area contributed by atoms with Gasteiger partial charge in [-0.15, -0.1) is 0 Å². The van der Waals surface area contributed by atoms with Crippen molar-refractivity contribution in [1.82, 2.24) is 0 Å². The number of para-hydroxylation sites is 2. The lowest BCUT2D eigenvalue weighted by Gasteiger charge is -2.38. The van der Waals surface area contributed by atoms with E-state index in [-0.39, 0.29) is 6.71 Å². The average molecular weight is 554 g/mol. The van der Waals surface area contributed by atoms with Gasteiger partial charge in [-0.2, -0.15) is 4.57 Å². The van der Waals surface area contributed by atoms with Crippen molar-refractivity contribution >= 4 is 40.2 Å². The fourth-order valence-corrected chi connectivity index (χ4v) is 7.75. The van der Waals surface area contributed by atoms with Crippen molar-refractivity contribution in [3.05, 3.63) is 149 Å². The highest BCUT2D eigenvalue weighted by molar-refractivity contribution is 6.98. The molecule has 0 saturated heterocycles. The molecule has 2 nitrogen and oxygen atoms in total. The Morgan fingerprint density at radius 1 is 0.605 bits per heavy atom. The lowest BCUT2D eigenvalue weighted by atomic mass is 9.33. The zero-order valence-electron chi connectivity index (χ0n) is 25.2. The summed E-state index contributed by atoms with van der Waals surface area (Å²) in [5.41, 5.74) is 19.9. The Morgan fingerprint density at radius 3 is 2.02 bits per heavy atom. The van der Waals surface area contributed by atoms with E-state index >= 15 is 0 Å². The normalized spacial score (nSPS) is 12.9. The maximum absolute atomic E-state index is 2.48. The van der Waals surface area contributed by atoms with Crippen LogP contribution in [0.5, 0.6) is 0 Å². The van der Waals surface area contributed by atoms with Gasteiger partial charge in [0.15, 0.2) is 12.7 Å². The minimum absolute atomic E-state index is 0.145. The number of anilines is 3. The number of hydrogen-bond donors (Lipinski definition) is 0. The van der Waals surface area contributed by atoms with Crippen LogP contribution in [0.3, 0.4) is 0 Å². The monoisotopic (exact) mass is 553 g/mol. The summed E-state index contributed by atoms with van der Waals surface area (Å²) in [6, 6.07) is 42.5. The van der Waals surface area contributed by atoms with Crippen LogP contribution in [0.2, 0.25) is 0 Å². The van der Waals surface area contributed by atoms with E-state index in [9.17, 15) is 0 Å². The van der Waals surface area contributed by atoms with Crippen LogP contribution >= 0.6 is 0 Å². The molecule has 206 valence electrons.